The molecule has 0 saturated carbocycles. The molecule has 1 heterocycles. The lowest BCUT2D eigenvalue weighted by Crippen LogP contribution is -2.23. The van der Waals surface area contributed by atoms with Crippen molar-refractivity contribution in [3.8, 4) is 0 Å². The highest BCUT2D eigenvalue weighted by Crippen LogP contribution is 2.17. The molecule has 0 saturated heterocycles. The van der Waals surface area contributed by atoms with E-state index >= 15 is 0 Å². The van der Waals surface area contributed by atoms with Gasteiger partial charge in [0.05, 0.1) is 0 Å². The zero-order valence-electron chi connectivity index (χ0n) is 9.30. The molecular weight excluding hydrogens is 282 g/mol. The molecule has 17 heavy (non-hydrogen) atoms. The van der Waals surface area contributed by atoms with Gasteiger partial charge in [0, 0.05) is 22.6 Å². The molecule has 88 valence electrons. The molecule has 0 bridgehead atoms. The van der Waals surface area contributed by atoms with Gasteiger partial charge in [0.2, 0.25) is 5.91 Å². The van der Waals surface area contributed by atoms with Crippen molar-refractivity contribution in [1.29, 1.82) is 0 Å². The van der Waals surface area contributed by atoms with Gasteiger partial charge in [-0.15, -0.1) is 0 Å². The Morgan fingerprint density at radius 1 is 1.47 bits per heavy atom. The summed E-state index contributed by atoms with van der Waals surface area (Å²) >= 11 is 3.36. The van der Waals surface area contributed by atoms with Crippen LogP contribution in [-0.2, 0) is 4.79 Å². The van der Waals surface area contributed by atoms with Gasteiger partial charge in [-0.25, -0.2) is 0 Å². The zero-order chi connectivity index (χ0) is 12.3. The number of rotatable bonds is 3. The molecule has 0 aliphatic heterocycles. The Morgan fingerprint density at radius 3 is 2.94 bits per heavy atom. The van der Waals surface area contributed by atoms with Gasteiger partial charge in [-0.05, 0) is 31.2 Å². The van der Waals surface area contributed by atoms with Gasteiger partial charge in [0.25, 0.3) is 0 Å². The molecule has 0 aliphatic carbocycles. The molecule has 1 amide bonds. The van der Waals surface area contributed by atoms with Gasteiger partial charge in [-0.3, -0.25) is 9.48 Å². The minimum atomic E-state index is -0.330. The smallest absolute Gasteiger partial charge is 0.248 e. The summed E-state index contributed by atoms with van der Waals surface area (Å²) in [6, 6.07) is 8.95. The van der Waals surface area contributed by atoms with E-state index in [2.05, 4.69) is 26.3 Å². The molecule has 5 heteroatoms. The van der Waals surface area contributed by atoms with Gasteiger partial charge in [0.15, 0.2) is 0 Å². The highest BCUT2D eigenvalue weighted by Gasteiger charge is 2.14. The predicted molar refractivity (Wildman–Crippen MR) is 69.7 cm³/mol. The Morgan fingerprint density at radius 2 is 2.29 bits per heavy atom. The third kappa shape index (κ3) is 2.94. The molecular formula is C12H12BrN3O. The van der Waals surface area contributed by atoms with E-state index in [1.54, 1.807) is 30.1 Å². The van der Waals surface area contributed by atoms with E-state index in [-0.39, 0.29) is 11.9 Å². The first-order valence-electron chi connectivity index (χ1n) is 5.22. The fourth-order valence-corrected chi connectivity index (χ4v) is 1.84. The van der Waals surface area contributed by atoms with E-state index in [1.165, 1.54) is 0 Å². The van der Waals surface area contributed by atoms with Crippen LogP contribution in [0.3, 0.4) is 0 Å². The number of hydrogen-bond donors (Lipinski definition) is 1. The minimum Gasteiger partial charge on any atom is -0.324 e. The molecule has 0 spiro atoms. The van der Waals surface area contributed by atoms with Crippen molar-refractivity contribution in [2.45, 2.75) is 13.0 Å². The molecule has 0 aliphatic rings. The quantitative estimate of drug-likeness (QED) is 0.946. The predicted octanol–water partition coefficient (Wildman–Crippen LogP) is 2.85. The van der Waals surface area contributed by atoms with E-state index < -0.39 is 0 Å². The molecule has 1 unspecified atom stereocenters. The molecule has 4 nitrogen and oxygen atoms in total. The second-order valence-electron chi connectivity index (χ2n) is 3.66. The molecule has 1 aromatic carbocycles. The minimum absolute atomic E-state index is 0.0909. The maximum Gasteiger partial charge on any atom is 0.248 e. The number of nitrogens with zero attached hydrogens (tertiary/aromatic N) is 2. The molecule has 1 N–H and O–H groups in total. The summed E-state index contributed by atoms with van der Waals surface area (Å²) in [6.07, 6.45) is 3.42. The molecule has 1 aromatic heterocycles. The van der Waals surface area contributed by atoms with Crippen LogP contribution in [0.15, 0.2) is 47.2 Å². The lowest BCUT2D eigenvalue weighted by atomic mass is 10.3. The Bertz CT molecular complexity index is 510. The van der Waals surface area contributed by atoms with E-state index in [4.69, 9.17) is 0 Å². The largest absolute Gasteiger partial charge is 0.324 e. The maximum absolute atomic E-state index is 11.9. The number of benzene rings is 1. The zero-order valence-corrected chi connectivity index (χ0v) is 10.9. The highest BCUT2D eigenvalue weighted by molar-refractivity contribution is 9.10. The summed E-state index contributed by atoms with van der Waals surface area (Å²) in [6.45, 7) is 1.81. The Kier molecular flexibility index (Phi) is 3.58. The SMILES string of the molecule is CC(C(=O)Nc1cccc(Br)c1)n1cccn1. The maximum atomic E-state index is 11.9. The first-order valence-corrected chi connectivity index (χ1v) is 6.01. The highest BCUT2D eigenvalue weighted by atomic mass is 79.9. The van der Waals surface area contributed by atoms with Crippen LogP contribution in [-0.4, -0.2) is 15.7 Å². The van der Waals surface area contributed by atoms with Gasteiger partial charge in [-0.1, -0.05) is 22.0 Å². The van der Waals surface area contributed by atoms with Crippen LogP contribution in [0.1, 0.15) is 13.0 Å². The molecule has 0 fully saturated rings. The molecule has 2 aromatic rings. The van der Waals surface area contributed by atoms with Crippen LogP contribution in [0.2, 0.25) is 0 Å². The van der Waals surface area contributed by atoms with Crippen molar-refractivity contribution in [2.75, 3.05) is 5.32 Å². The van der Waals surface area contributed by atoms with Gasteiger partial charge < -0.3 is 5.32 Å². The second-order valence-corrected chi connectivity index (χ2v) is 4.58. The number of halogens is 1. The lowest BCUT2D eigenvalue weighted by Gasteiger charge is -2.12. The average Bonchev–Trinajstić information content (AvgIpc) is 2.81. The number of anilines is 1. The van der Waals surface area contributed by atoms with Crippen molar-refractivity contribution in [3.63, 3.8) is 0 Å². The fourth-order valence-electron chi connectivity index (χ4n) is 1.44. The number of aromatic nitrogens is 2. The first-order chi connectivity index (χ1) is 8.16. The Labute approximate surface area is 108 Å². The number of carbonyl (C=O) groups excluding carboxylic acids is 1. The van der Waals surface area contributed by atoms with Crippen molar-refractivity contribution in [2.24, 2.45) is 0 Å². The number of amides is 1. The summed E-state index contributed by atoms with van der Waals surface area (Å²) in [5.41, 5.74) is 0.767. The second kappa shape index (κ2) is 5.14. The number of carbonyl (C=O) groups is 1. The summed E-state index contributed by atoms with van der Waals surface area (Å²) in [4.78, 5) is 11.9. The van der Waals surface area contributed by atoms with E-state index in [1.807, 2.05) is 24.3 Å². The van der Waals surface area contributed by atoms with Crippen LogP contribution in [0.5, 0.6) is 0 Å². The standard InChI is InChI=1S/C12H12BrN3O/c1-9(16-7-3-6-14-16)12(17)15-11-5-2-4-10(13)8-11/h2-9H,1H3,(H,15,17). The normalized spacial score (nSPS) is 12.1. The summed E-state index contributed by atoms with van der Waals surface area (Å²) in [5.74, 6) is -0.0909. The topological polar surface area (TPSA) is 46.9 Å². The van der Waals surface area contributed by atoms with E-state index in [0.29, 0.717) is 0 Å². The first kappa shape index (κ1) is 11.9. The lowest BCUT2D eigenvalue weighted by molar-refractivity contribution is -0.119. The summed E-state index contributed by atoms with van der Waals surface area (Å²) in [7, 11) is 0. The van der Waals surface area contributed by atoms with Crippen LogP contribution >= 0.6 is 15.9 Å². The van der Waals surface area contributed by atoms with Gasteiger partial charge in [-0.2, -0.15) is 5.10 Å². The van der Waals surface area contributed by atoms with Crippen molar-refractivity contribution >= 4 is 27.5 Å². The van der Waals surface area contributed by atoms with Crippen molar-refractivity contribution in [1.82, 2.24) is 9.78 Å². The van der Waals surface area contributed by atoms with Crippen molar-refractivity contribution in [3.05, 3.63) is 47.2 Å². The van der Waals surface area contributed by atoms with Crippen LogP contribution in [0.25, 0.3) is 0 Å². The molecule has 0 radical (unpaired) electrons. The summed E-state index contributed by atoms with van der Waals surface area (Å²) < 4.78 is 2.55. The Balaban J connectivity index is 2.07. The third-order valence-electron chi connectivity index (χ3n) is 2.39. The van der Waals surface area contributed by atoms with Gasteiger partial charge in [0.1, 0.15) is 6.04 Å². The van der Waals surface area contributed by atoms with Crippen molar-refractivity contribution < 1.29 is 4.79 Å². The van der Waals surface area contributed by atoms with Crippen LogP contribution in [0, 0.1) is 0 Å². The van der Waals surface area contributed by atoms with Crippen LogP contribution in [0.4, 0.5) is 5.69 Å². The number of nitrogens with one attached hydrogen (secondary N) is 1. The van der Waals surface area contributed by atoms with Crippen LogP contribution < -0.4 is 5.32 Å². The molecule has 2 rings (SSSR count). The Hall–Kier alpha value is -1.62. The summed E-state index contributed by atoms with van der Waals surface area (Å²) in [5, 5.41) is 6.88. The third-order valence-corrected chi connectivity index (χ3v) is 2.89. The number of hydrogen-bond acceptors (Lipinski definition) is 2. The van der Waals surface area contributed by atoms with E-state index in [0.717, 1.165) is 10.2 Å². The van der Waals surface area contributed by atoms with E-state index in [9.17, 15) is 4.79 Å². The fraction of sp³-hybridized carbons (Fsp3) is 0.167. The molecule has 1 atom stereocenters. The van der Waals surface area contributed by atoms with Gasteiger partial charge >= 0.3 is 0 Å². The average molecular weight is 294 g/mol. The monoisotopic (exact) mass is 293 g/mol.